The Bertz CT molecular complexity index is 584. The fourth-order valence-corrected chi connectivity index (χ4v) is 2.47. The Kier molecular flexibility index (Phi) is 3.94. The lowest BCUT2D eigenvalue weighted by Gasteiger charge is -2.19. The second kappa shape index (κ2) is 5.48. The van der Waals surface area contributed by atoms with Crippen LogP contribution in [0.15, 0.2) is 36.4 Å². The molecular weight excluding hydrogens is 230 g/mol. The lowest BCUT2D eigenvalue weighted by atomic mass is 10.00. The third-order valence-electron chi connectivity index (χ3n) is 3.78. The van der Waals surface area contributed by atoms with Gasteiger partial charge in [0.15, 0.2) is 0 Å². The molecule has 0 amide bonds. The largest absolute Gasteiger partial charge is 0.379 e. The molecule has 100 valence electrons. The summed E-state index contributed by atoms with van der Waals surface area (Å²) in [7, 11) is 0. The number of anilines is 1. The lowest BCUT2D eigenvalue weighted by Crippen LogP contribution is -2.08. The second-order valence-electron chi connectivity index (χ2n) is 5.53. The van der Waals surface area contributed by atoms with Crippen LogP contribution in [0.3, 0.4) is 0 Å². The number of hydrogen-bond donors (Lipinski definition) is 1. The van der Waals surface area contributed by atoms with Gasteiger partial charge in [0.1, 0.15) is 0 Å². The fourth-order valence-electron chi connectivity index (χ4n) is 2.47. The van der Waals surface area contributed by atoms with E-state index in [0.29, 0.717) is 6.04 Å². The Morgan fingerprint density at radius 2 is 1.53 bits per heavy atom. The average molecular weight is 253 g/mol. The summed E-state index contributed by atoms with van der Waals surface area (Å²) in [6.45, 7) is 10.8. The van der Waals surface area contributed by atoms with Crippen molar-refractivity contribution in [1.29, 1.82) is 0 Å². The molecule has 0 radical (unpaired) electrons. The van der Waals surface area contributed by atoms with E-state index >= 15 is 0 Å². The van der Waals surface area contributed by atoms with Crippen molar-refractivity contribution in [3.05, 3.63) is 64.2 Å². The highest BCUT2D eigenvalue weighted by Crippen LogP contribution is 2.24. The molecule has 0 aliphatic heterocycles. The number of hydrogen-bond acceptors (Lipinski definition) is 1. The molecule has 2 rings (SSSR count). The van der Waals surface area contributed by atoms with E-state index in [9.17, 15) is 0 Å². The zero-order valence-corrected chi connectivity index (χ0v) is 12.5. The van der Waals surface area contributed by atoms with Crippen LogP contribution in [0.4, 0.5) is 5.69 Å². The Hall–Kier alpha value is -1.76. The standard InChI is InChI=1S/C18H23N/c1-12-6-9-18(15(4)10-12)16(5)19-17-8-7-13(2)14(3)11-17/h6-11,16,19H,1-5H3. The molecule has 0 heterocycles. The van der Waals surface area contributed by atoms with Crippen molar-refractivity contribution >= 4 is 5.69 Å². The molecule has 1 nitrogen and oxygen atoms in total. The summed E-state index contributed by atoms with van der Waals surface area (Å²) in [5, 5.41) is 3.59. The summed E-state index contributed by atoms with van der Waals surface area (Å²) in [6, 6.07) is 13.5. The minimum Gasteiger partial charge on any atom is -0.379 e. The van der Waals surface area contributed by atoms with Crippen LogP contribution in [-0.2, 0) is 0 Å². The summed E-state index contributed by atoms with van der Waals surface area (Å²) in [5.41, 5.74) is 7.89. The van der Waals surface area contributed by atoms with Crippen molar-refractivity contribution in [2.75, 3.05) is 5.32 Å². The van der Waals surface area contributed by atoms with Gasteiger partial charge in [-0.1, -0.05) is 29.8 Å². The van der Waals surface area contributed by atoms with Gasteiger partial charge >= 0.3 is 0 Å². The molecule has 2 aromatic carbocycles. The van der Waals surface area contributed by atoms with Gasteiger partial charge < -0.3 is 5.32 Å². The van der Waals surface area contributed by atoms with Crippen LogP contribution in [0.5, 0.6) is 0 Å². The molecule has 2 aromatic rings. The molecule has 0 aromatic heterocycles. The van der Waals surface area contributed by atoms with E-state index in [1.54, 1.807) is 0 Å². The summed E-state index contributed by atoms with van der Waals surface area (Å²) in [4.78, 5) is 0. The van der Waals surface area contributed by atoms with E-state index in [2.05, 4.69) is 76.3 Å². The molecule has 19 heavy (non-hydrogen) atoms. The normalized spacial score (nSPS) is 12.3. The Labute approximate surface area is 116 Å². The predicted molar refractivity (Wildman–Crippen MR) is 83.9 cm³/mol. The predicted octanol–water partition coefficient (Wildman–Crippen LogP) is 5.09. The molecule has 1 N–H and O–H groups in total. The Balaban J connectivity index is 2.20. The van der Waals surface area contributed by atoms with Crippen LogP contribution in [-0.4, -0.2) is 0 Å². The molecular formula is C18H23N. The minimum atomic E-state index is 0.322. The van der Waals surface area contributed by atoms with Crippen LogP contribution < -0.4 is 5.32 Å². The maximum atomic E-state index is 3.59. The Morgan fingerprint density at radius 3 is 2.16 bits per heavy atom. The highest BCUT2D eigenvalue weighted by atomic mass is 14.9. The van der Waals surface area contributed by atoms with Gasteiger partial charge in [-0.2, -0.15) is 0 Å². The first-order valence-corrected chi connectivity index (χ1v) is 6.88. The van der Waals surface area contributed by atoms with Gasteiger partial charge in [-0.05, 0) is 69.0 Å². The third-order valence-corrected chi connectivity index (χ3v) is 3.78. The van der Waals surface area contributed by atoms with Crippen LogP contribution in [0.2, 0.25) is 0 Å². The van der Waals surface area contributed by atoms with Crippen LogP contribution in [0.1, 0.15) is 40.8 Å². The molecule has 0 spiro atoms. The molecule has 0 aliphatic carbocycles. The van der Waals surface area contributed by atoms with Crippen molar-refractivity contribution in [2.24, 2.45) is 0 Å². The van der Waals surface area contributed by atoms with Gasteiger partial charge in [-0.15, -0.1) is 0 Å². The molecule has 0 aliphatic rings. The Morgan fingerprint density at radius 1 is 0.789 bits per heavy atom. The van der Waals surface area contributed by atoms with Gasteiger partial charge in [0.2, 0.25) is 0 Å². The van der Waals surface area contributed by atoms with E-state index in [1.165, 1.54) is 33.5 Å². The van der Waals surface area contributed by atoms with Gasteiger partial charge in [0.05, 0.1) is 0 Å². The van der Waals surface area contributed by atoms with Crippen molar-refractivity contribution in [3.63, 3.8) is 0 Å². The minimum absolute atomic E-state index is 0.322. The maximum Gasteiger partial charge on any atom is 0.0488 e. The summed E-state index contributed by atoms with van der Waals surface area (Å²) in [6.07, 6.45) is 0. The van der Waals surface area contributed by atoms with Crippen molar-refractivity contribution < 1.29 is 0 Å². The van der Waals surface area contributed by atoms with E-state index in [-0.39, 0.29) is 0 Å². The number of benzene rings is 2. The van der Waals surface area contributed by atoms with E-state index in [4.69, 9.17) is 0 Å². The van der Waals surface area contributed by atoms with Crippen LogP contribution >= 0.6 is 0 Å². The maximum absolute atomic E-state index is 3.59. The highest BCUT2D eigenvalue weighted by Gasteiger charge is 2.08. The zero-order valence-electron chi connectivity index (χ0n) is 12.5. The molecule has 1 atom stereocenters. The molecule has 0 saturated heterocycles. The fraction of sp³-hybridized carbons (Fsp3) is 0.333. The van der Waals surface area contributed by atoms with E-state index < -0.39 is 0 Å². The summed E-state index contributed by atoms with van der Waals surface area (Å²) in [5.74, 6) is 0. The van der Waals surface area contributed by atoms with Crippen molar-refractivity contribution in [2.45, 2.75) is 40.7 Å². The molecule has 0 fully saturated rings. The first kappa shape index (κ1) is 13.7. The third kappa shape index (κ3) is 3.17. The van der Waals surface area contributed by atoms with Gasteiger partial charge in [0.25, 0.3) is 0 Å². The molecule has 0 bridgehead atoms. The topological polar surface area (TPSA) is 12.0 Å². The SMILES string of the molecule is Cc1ccc(C(C)Nc2ccc(C)c(C)c2)c(C)c1. The first-order valence-electron chi connectivity index (χ1n) is 6.88. The second-order valence-corrected chi connectivity index (χ2v) is 5.53. The molecule has 1 heteroatoms. The highest BCUT2D eigenvalue weighted by molar-refractivity contribution is 5.50. The smallest absolute Gasteiger partial charge is 0.0488 e. The van der Waals surface area contributed by atoms with E-state index in [1.807, 2.05) is 0 Å². The monoisotopic (exact) mass is 253 g/mol. The van der Waals surface area contributed by atoms with Crippen molar-refractivity contribution in [3.8, 4) is 0 Å². The number of rotatable bonds is 3. The van der Waals surface area contributed by atoms with Crippen LogP contribution in [0, 0.1) is 27.7 Å². The molecule has 0 saturated carbocycles. The van der Waals surface area contributed by atoms with Gasteiger partial charge in [-0.25, -0.2) is 0 Å². The quantitative estimate of drug-likeness (QED) is 0.803. The van der Waals surface area contributed by atoms with Gasteiger partial charge in [0, 0.05) is 11.7 Å². The first-order chi connectivity index (χ1) is 8.97. The summed E-state index contributed by atoms with van der Waals surface area (Å²) < 4.78 is 0. The average Bonchev–Trinajstić information content (AvgIpc) is 2.33. The number of nitrogens with one attached hydrogen (secondary N) is 1. The lowest BCUT2D eigenvalue weighted by molar-refractivity contribution is 0.872. The van der Waals surface area contributed by atoms with E-state index in [0.717, 1.165) is 0 Å². The summed E-state index contributed by atoms with van der Waals surface area (Å²) >= 11 is 0. The van der Waals surface area contributed by atoms with Crippen LogP contribution in [0.25, 0.3) is 0 Å². The van der Waals surface area contributed by atoms with Gasteiger partial charge in [-0.3, -0.25) is 0 Å². The molecule has 1 unspecified atom stereocenters. The number of aryl methyl sites for hydroxylation is 4. The zero-order chi connectivity index (χ0) is 14.0. The van der Waals surface area contributed by atoms with Crippen molar-refractivity contribution in [1.82, 2.24) is 0 Å².